The summed E-state index contributed by atoms with van der Waals surface area (Å²) >= 11 is 0. The Hall–Kier alpha value is -3.40. The lowest BCUT2D eigenvalue weighted by atomic mass is 9.90. The average molecular weight is 372 g/mol. The minimum absolute atomic E-state index is 0.131. The van der Waals surface area contributed by atoms with Crippen LogP contribution in [-0.2, 0) is 11.2 Å². The topological polar surface area (TPSA) is 50.7 Å². The average Bonchev–Trinajstić information content (AvgIpc) is 2.74. The number of methoxy groups -OCH3 is 1. The molecule has 1 amide bonds. The molecule has 1 N–H and O–H groups in total. The van der Waals surface area contributed by atoms with Gasteiger partial charge in [0.2, 0.25) is 5.91 Å². The Labute approximate surface area is 165 Å². The lowest BCUT2D eigenvalue weighted by Gasteiger charge is -2.17. The second-order valence-electron chi connectivity index (χ2n) is 6.60. The second kappa shape index (κ2) is 9.51. The van der Waals surface area contributed by atoms with Crippen molar-refractivity contribution in [3.8, 4) is 5.75 Å². The number of hydrogen-bond donors (Lipinski definition) is 1. The Bertz CT molecular complexity index is 952. The summed E-state index contributed by atoms with van der Waals surface area (Å²) in [7, 11) is 1.62. The van der Waals surface area contributed by atoms with Crippen LogP contribution in [0.4, 0.5) is 0 Å². The highest BCUT2D eigenvalue weighted by Gasteiger charge is 2.21. The molecule has 0 heterocycles. The minimum Gasteiger partial charge on any atom is -0.497 e. The molecule has 0 fully saturated rings. The van der Waals surface area contributed by atoms with Crippen molar-refractivity contribution in [3.05, 3.63) is 101 Å². The molecule has 1 atom stereocenters. The lowest BCUT2D eigenvalue weighted by Crippen LogP contribution is -2.27. The zero-order valence-electron chi connectivity index (χ0n) is 16.1. The first-order valence-electron chi connectivity index (χ1n) is 9.24. The van der Waals surface area contributed by atoms with Gasteiger partial charge in [-0.05, 0) is 47.7 Å². The predicted octanol–water partition coefficient (Wildman–Crippen LogP) is 4.48. The van der Waals surface area contributed by atoms with Crippen molar-refractivity contribution in [2.24, 2.45) is 5.10 Å². The standard InChI is InChI=1S/C24H24N2O2/c1-18-9-6-7-13-21(18)16-23(20-11-4-3-5-12-20)24(27)26-25-17-19-10-8-14-22(15-19)28-2/h3-15,17,23H,16H2,1-2H3,(H,26,27)/b25-17-/t23-/m1/s1. The van der Waals surface area contributed by atoms with E-state index >= 15 is 0 Å². The van der Waals surface area contributed by atoms with Gasteiger partial charge in [0, 0.05) is 0 Å². The van der Waals surface area contributed by atoms with Crippen molar-refractivity contribution in [2.75, 3.05) is 7.11 Å². The van der Waals surface area contributed by atoms with Crippen LogP contribution < -0.4 is 10.2 Å². The van der Waals surface area contributed by atoms with Crippen molar-refractivity contribution in [1.82, 2.24) is 5.43 Å². The molecule has 3 aromatic carbocycles. The molecule has 142 valence electrons. The number of nitrogens with zero attached hydrogens (tertiary/aromatic N) is 1. The van der Waals surface area contributed by atoms with Gasteiger partial charge in [-0.3, -0.25) is 4.79 Å². The van der Waals surface area contributed by atoms with Crippen LogP contribution in [0.1, 0.15) is 28.2 Å². The van der Waals surface area contributed by atoms with Crippen molar-refractivity contribution >= 4 is 12.1 Å². The Morgan fingerprint density at radius 1 is 1.04 bits per heavy atom. The number of nitrogens with one attached hydrogen (secondary N) is 1. The lowest BCUT2D eigenvalue weighted by molar-refractivity contribution is -0.122. The third-order valence-corrected chi connectivity index (χ3v) is 4.69. The molecule has 3 rings (SSSR count). The molecule has 0 radical (unpaired) electrons. The second-order valence-corrected chi connectivity index (χ2v) is 6.60. The summed E-state index contributed by atoms with van der Waals surface area (Å²) in [5.74, 6) is 0.301. The van der Waals surface area contributed by atoms with E-state index in [4.69, 9.17) is 4.74 Å². The van der Waals surface area contributed by atoms with Gasteiger partial charge < -0.3 is 4.74 Å². The Balaban J connectivity index is 1.76. The van der Waals surface area contributed by atoms with Gasteiger partial charge in [-0.15, -0.1) is 0 Å². The number of rotatable bonds is 7. The molecule has 28 heavy (non-hydrogen) atoms. The molecule has 0 spiro atoms. The van der Waals surface area contributed by atoms with E-state index in [2.05, 4.69) is 29.6 Å². The highest BCUT2D eigenvalue weighted by atomic mass is 16.5. The maximum absolute atomic E-state index is 12.9. The summed E-state index contributed by atoms with van der Waals surface area (Å²) in [6, 6.07) is 25.5. The summed E-state index contributed by atoms with van der Waals surface area (Å²) in [5, 5.41) is 4.15. The summed E-state index contributed by atoms with van der Waals surface area (Å²) in [4.78, 5) is 12.9. The van der Waals surface area contributed by atoms with Crippen LogP contribution in [0.3, 0.4) is 0 Å². The number of aryl methyl sites for hydroxylation is 1. The van der Waals surface area contributed by atoms with Crippen LogP contribution in [0.2, 0.25) is 0 Å². The summed E-state index contributed by atoms with van der Waals surface area (Å²) in [6.45, 7) is 2.07. The van der Waals surface area contributed by atoms with Crippen LogP contribution in [0.5, 0.6) is 5.75 Å². The van der Waals surface area contributed by atoms with Gasteiger partial charge >= 0.3 is 0 Å². The zero-order chi connectivity index (χ0) is 19.8. The molecular formula is C24H24N2O2. The van der Waals surface area contributed by atoms with Gasteiger partial charge in [-0.25, -0.2) is 5.43 Å². The number of amides is 1. The molecule has 0 saturated heterocycles. The van der Waals surface area contributed by atoms with Crippen LogP contribution in [-0.4, -0.2) is 19.2 Å². The fraction of sp³-hybridized carbons (Fsp3) is 0.167. The van der Waals surface area contributed by atoms with E-state index < -0.39 is 0 Å². The monoisotopic (exact) mass is 372 g/mol. The normalized spacial score (nSPS) is 11.9. The number of ether oxygens (including phenoxy) is 1. The van der Waals surface area contributed by atoms with Crippen LogP contribution >= 0.6 is 0 Å². The first-order chi connectivity index (χ1) is 13.7. The van der Waals surface area contributed by atoms with Crippen LogP contribution in [0, 0.1) is 6.92 Å². The quantitative estimate of drug-likeness (QED) is 0.491. The van der Waals surface area contributed by atoms with Crippen LogP contribution in [0.15, 0.2) is 84.0 Å². The van der Waals surface area contributed by atoms with Gasteiger partial charge in [0.15, 0.2) is 0 Å². The van der Waals surface area contributed by atoms with Crippen molar-refractivity contribution in [1.29, 1.82) is 0 Å². The fourth-order valence-corrected chi connectivity index (χ4v) is 3.08. The third-order valence-electron chi connectivity index (χ3n) is 4.69. The van der Waals surface area contributed by atoms with Crippen molar-refractivity contribution in [2.45, 2.75) is 19.3 Å². The van der Waals surface area contributed by atoms with E-state index in [0.29, 0.717) is 6.42 Å². The van der Waals surface area contributed by atoms with Crippen molar-refractivity contribution < 1.29 is 9.53 Å². The Morgan fingerprint density at radius 2 is 1.79 bits per heavy atom. The molecule has 0 saturated carbocycles. The first-order valence-corrected chi connectivity index (χ1v) is 9.24. The van der Waals surface area contributed by atoms with Gasteiger partial charge in [-0.1, -0.05) is 66.7 Å². The Morgan fingerprint density at radius 3 is 2.54 bits per heavy atom. The zero-order valence-corrected chi connectivity index (χ0v) is 16.1. The highest BCUT2D eigenvalue weighted by molar-refractivity contribution is 5.86. The molecule has 0 aliphatic carbocycles. The SMILES string of the molecule is COc1cccc(/C=N\NC(=O)[C@H](Cc2ccccc2C)c2ccccc2)c1. The largest absolute Gasteiger partial charge is 0.497 e. The minimum atomic E-state index is -0.315. The molecular weight excluding hydrogens is 348 g/mol. The van der Waals surface area contributed by atoms with Gasteiger partial charge in [0.1, 0.15) is 5.75 Å². The molecule has 4 heteroatoms. The van der Waals surface area contributed by atoms with E-state index in [1.165, 1.54) is 5.56 Å². The highest BCUT2D eigenvalue weighted by Crippen LogP contribution is 2.23. The molecule has 4 nitrogen and oxygen atoms in total. The molecule has 0 aliphatic heterocycles. The van der Waals surface area contributed by atoms with E-state index in [1.54, 1.807) is 13.3 Å². The van der Waals surface area contributed by atoms with E-state index in [1.807, 2.05) is 66.7 Å². The van der Waals surface area contributed by atoms with Crippen molar-refractivity contribution in [3.63, 3.8) is 0 Å². The van der Waals surface area contributed by atoms with E-state index in [0.717, 1.165) is 22.4 Å². The fourth-order valence-electron chi connectivity index (χ4n) is 3.08. The third kappa shape index (κ3) is 5.07. The smallest absolute Gasteiger partial charge is 0.247 e. The number of benzene rings is 3. The predicted molar refractivity (Wildman–Crippen MR) is 113 cm³/mol. The molecule has 0 unspecified atom stereocenters. The molecule has 0 bridgehead atoms. The Kier molecular flexibility index (Phi) is 6.58. The van der Waals surface area contributed by atoms with Crippen LogP contribution in [0.25, 0.3) is 0 Å². The first kappa shape index (κ1) is 19.4. The summed E-state index contributed by atoms with van der Waals surface area (Å²) < 4.78 is 5.21. The summed E-state index contributed by atoms with van der Waals surface area (Å²) in [5.41, 5.74) is 6.86. The number of carbonyl (C=O) groups is 1. The number of carbonyl (C=O) groups excluding carboxylic acids is 1. The van der Waals surface area contributed by atoms with Gasteiger partial charge in [0.25, 0.3) is 0 Å². The van der Waals surface area contributed by atoms with E-state index in [9.17, 15) is 4.79 Å². The van der Waals surface area contributed by atoms with Gasteiger partial charge in [0.05, 0.1) is 19.2 Å². The number of hydrogen-bond acceptors (Lipinski definition) is 3. The molecule has 0 aromatic heterocycles. The molecule has 3 aromatic rings. The maximum atomic E-state index is 12.9. The van der Waals surface area contributed by atoms with Gasteiger partial charge in [-0.2, -0.15) is 5.10 Å². The summed E-state index contributed by atoms with van der Waals surface area (Å²) in [6.07, 6.45) is 2.24. The van der Waals surface area contributed by atoms with E-state index in [-0.39, 0.29) is 11.8 Å². The molecule has 0 aliphatic rings. The number of hydrazone groups is 1. The maximum Gasteiger partial charge on any atom is 0.247 e.